The Morgan fingerprint density at radius 1 is 1.12 bits per heavy atom. The van der Waals surface area contributed by atoms with Gasteiger partial charge in [-0.25, -0.2) is 14.6 Å². The van der Waals surface area contributed by atoms with Gasteiger partial charge in [0.15, 0.2) is 11.4 Å². The standard InChI is InChI=1S/C18H17BrN4O/c1-10-15-17(23(22-10)12-6-4-11(19)5-7-12)20-13-8-18(2,3)9-14(24)16(13)21-15/h4-7H,8-9H2,1-3H3. The highest BCUT2D eigenvalue weighted by molar-refractivity contribution is 9.10. The van der Waals surface area contributed by atoms with Gasteiger partial charge >= 0.3 is 0 Å². The highest BCUT2D eigenvalue weighted by atomic mass is 79.9. The third-order valence-corrected chi connectivity index (χ3v) is 4.89. The van der Waals surface area contributed by atoms with Crippen LogP contribution in [-0.2, 0) is 6.42 Å². The monoisotopic (exact) mass is 384 g/mol. The van der Waals surface area contributed by atoms with Crippen molar-refractivity contribution in [2.24, 2.45) is 5.41 Å². The maximum Gasteiger partial charge on any atom is 0.183 e. The van der Waals surface area contributed by atoms with Crippen molar-refractivity contribution in [2.75, 3.05) is 0 Å². The number of aromatic nitrogens is 4. The molecule has 0 unspecified atom stereocenters. The van der Waals surface area contributed by atoms with Crippen molar-refractivity contribution < 1.29 is 4.79 Å². The molecule has 0 saturated heterocycles. The number of hydrogen-bond donors (Lipinski definition) is 0. The number of aryl methyl sites for hydroxylation is 1. The lowest BCUT2D eigenvalue weighted by Gasteiger charge is -2.28. The zero-order valence-corrected chi connectivity index (χ0v) is 15.4. The molecule has 0 aliphatic heterocycles. The fourth-order valence-corrected chi connectivity index (χ4v) is 3.50. The molecule has 0 bridgehead atoms. The van der Waals surface area contributed by atoms with Crippen molar-refractivity contribution >= 4 is 32.9 Å². The molecule has 2 aromatic heterocycles. The molecule has 0 fully saturated rings. The van der Waals surface area contributed by atoms with Crippen LogP contribution in [0.5, 0.6) is 0 Å². The van der Waals surface area contributed by atoms with Gasteiger partial charge in [-0.3, -0.25) is 4.79 Å². The van der Waals surface area contributed by atoms with Crippen LogP contribution in [0, 0.1) is 12.3 Å². The molecule has 0 radical (unpaired) electrons. The number of nitrogens with zero attached hydrogens (tertiary/aromatic N) is 4. The number of fused-ring (bicyclic) bond motifs is 2. The van der Waals surface area contributed by atoms with E-state index in [1.165, 1.54) is 0 Å². The Labute approximate surface area is 148 Å². The average molecular weight is 385 g/mol. The third-order valence-electron chi connectivity index (χ3n) is 4.36. The van der Waals surface area contributed by atoms with Gasteiger partial charge in [-0.1, -0.05) is 29.8 Å². The second-order valence-corrected chi connectivity index (χ2v) is 8.02. The van der Waals surface area contributed by atoms with Crippen molar-refractivity contribution in [3.05, 3.63) is 45.8 Å². The first-order valence-electron chi connectivity index (χ1n) is 7.89. The normalized spacial score (nSPS) is 16.4. The lowest BCUT2D eigenvalue weighted by molar-refractivity contribution is 0.0904. The lowest BCUT2D eigenvalue weighted by atomic mass is 9.77. The Kier molecular flexibility index (Phi) is 3.35. The summed E-state index contributed by atoms with van der Waals surface area (Å²) in [5, 5.41) is 4.59. The van der Waals surface area contributed by atoms with Gasteiger partial charge < -0.3 is 0 Å². The molecule has 1 aromatic carbocycles. The van der Waals surface area contributed by atoms with Crippen LogP contribution >= 0.6 is 15.9 Å². The first-order valence-corrected chi connectivity index (χ1v) is 8.69. The van der Waals surface area contributed by atoms with Crippen LogP contribution in [0.2, 0.25) is 0 Å². The largest absolute Gasteiger partial charge is 0.292 e. The van der Waals surface area contributed by atoms with Gasteiger partial charge in [0.25, 0.3) is 0 Å². The summed E-state index contributed by atoms with van der Waals surface area (Å²) in [7, 11) is 0. The average Bonchev–Trinajstić information content (AvgIpc) is 2.82. The van der Waals surface area contributed by atoms with Crippen LogP contribution in [0.15, 0.2) is 28.7 Å². The zero-order valence-electron chi connectivity index (χ0n) is 13.8. The number of hydrogen-bond acceptors (Lipinski definition) is 4. The molecule has 24 heavy (non-hydrogen) atoms. The molecule has 6 heteroatoms. The smallest absolute Gasteiger partial charge is 0.183 e. The van der Waals surface area contributed by atoms with E-state index in [-0.39, 0.29) is 11.2 Å². The summed E-state index contributed by atoms with van der Waals surface area (Å²) in [5.74, 6) is 0.0754. The Bertz CT molecular complexity index is 973. The molecule has 4 rings (SSSR count). The SMILES string of the molecule is Cc1nn(-c2ccc(Br)cc2)c2nc3c(nc12)C(=O)CC(C)(C)C3. The predicted octanol–water partition coefficient (Wildman–Crippen LogP) is 4.04. The van der Waals surface area contributed by atoms with Crippen LogP contribution in [0.25, 0.3) is 16.9 Å². The van der Waals surface area contributed by atoms with E-state index in [4.69, 9.17) is 4.98 Å². The minimum atomic E-state index is -0.0794. The van der Waals surface area contributed by atoms with Gasteiger partial charge in [0.05, 0.1) is 17.1 Å². The maximum atomic E-state index is 12.4. The molecular formula is C18H17BrN4O. The van der Waals surface area contributed by atoms with E-state index >= 15 is 0 Å². The molecule has 0 spiro atoms. The van der Waals surface area contributed by atoms with Gasteiger partial charge in [-0.2, -0.15) is 5.10 Å². The molecule has 0 N–H and O–H groups in total. The molecular weight excluding hydrogens is 368 g/mol. The summed E-state index contributed by atoms with van der Waals surface area (Å²) in [6.45, 7) is 6.09. The second kappa shape index (κ2) is 5.21. The lowest BCUT2D eigenvalue weighted by Crippen LogP contribution is -2.29. The Morgan fingerprint density at radius 2 is 1.83 bits per heavy atom. The van der Waals surface area contributed by atoms with Crippen molar-refractivity contribution in [1.82, 2.24) is 19.7 Å². The molecule has 3 aromatic rings. The molecule has 0 saturated carbocycles. The molecule has 2 heterocycles. The fourth-order valence-electron chi connectivity index (χ4n) is 3.24. The number of ketones is 1. The first kappa shape index (κ1) is 15.4. The molecule has 1 aliphatic rings. The highest BCUT2D eigenvalue weighted by Crippen LogP contribution is 2.34. The number of halogens is 1. The minimum Gasteiger partial charge on any atom is -0.292 e. The number of Topliss-reactive ketones (excluding diaryl/α,β-unsaturated/α-hetero) is 1. The van der Waals surface area contributed by atoms with E-state index in [9.17, 15) is 4.79 Å². The number of carbonyl (C=O) groups excluding carboxylic acids is 1. The van der Waals surface area contributed by atoms with E-state index in [1.54, 1.807) is 4.68 Å². The van der Waals surface area contributed by atoms with Crippen LogP contribution in [0.4, 0.5) is 0 Å². The number of benzene rings is 1. The van der Waals surface area contributed by atoms with Crippen LogP contribution < -0.4 is 0 Å². The predicted molar refractivity (Wildman–Crippen MR) is 95.5 cm³/mol. The maximum absolute atomic E-state index is 12.4. The molecule has 5 nitrogen and oxygen atoms in total. The zero-order chi connectivity index (χ0) is 17.1. The Balaban J connectivity index is 1.95. The summed E-state index contributed by atoms with van der Waals surface area (Å²) in [5.41, 5.74) is 4.32. The van der Waals surface area contributed by atoms with Gasteiger partial charge in [0.2, 0.25) is 0 Å². The van der Waals surface area contributed by atoms with Crippen molar-refractivity contribution in [1.29, 1.82) is 0 Å². The van der Waals surface area contributed by atoms with Crippen LogP contribution in [-0.4, -0.2) is 25.5 Å². The number of rotatable bonds is 1. The molecule has 0 amide bonds. The minimum absolute atomic E-state index is 0.0754. The van der Waals surface area contributed by atoms with Gasteiger partial charge in [-0.05, 0) is 43.0 Å². The van der Waals surface area contributed by atoms with Crippen LogP contribution in [0.3, 0.4) is 0 Å². The second-order valence-electron chi connectivity index (χ2n) is 7.11. The summed E-state index contributed by atoms with van der Waals surface area (Å²) < 4.78 is 2.81. The summed E-state index contributed by atoms with van der Waals surface area (Å²) in [4.78, 5) is 21.8. The van der Waals surface area contributed by atoms with Crippen LogP contribution in [0.1, 0.15) is 42.1 Å². The topological polar surface area (TPSA) is 60.7 Å². The van der Waals surface area contributed by atoms with Gasteiger partial charge in [0, 0.05) is 10.9 Å². The van der Waals surface area contributed by atoms with E-state index in [1.807, 2.05) is 31.2 Å². The summed E-state index contributed by atoms with van der Waals surface area (Å²) in [6.07, 6.45) is 1.27. The highest BCUT2D eigenvalue weighted by Gasteiger charge is 2.34. The van der Waals surface area contributed by atoms with E-state index in [0.29, 0.717) is 23.3 Å². The van der Waals surface area contributed by atoms with Gasteiger partial charge in [0.1, 0.15) is 11.2 Å². The number of carbonyl (C=O) groups is 1. The third kappa shape index (κ3) is 2.45. The van der Waals surface area contributed by atoms with Crippen molar-refractivity contribution in [3.63, 3.8) is 0 Å². The quantitative estimate of drug-likeness (QED) is 0.634. The molecule has 122 valence electrons. The Morgan fingerprint density at radius 3 is 2.54 bits per heavy atom. The first-order chi connectivity index (χ1) is 11.3. The van der Waals surface area contributed by atoms with Crippen molar-refractivity contribution in [2.45, 2.75) is 33.6 Å². The molecule has 0 atom stereocenters. The molecule has 1 aliphatic carbocycles. The Hall–Kier alpha value is -2.08. The van der Waals surface area contributed by atoms with Gasteiger partial charge in [-0.15, -0.1) is 0 Å². The van der Waals surface area contributed by atoms with E-state index < -0.39 is 0 Å². The summed E-state index contributed by atoms with van der Waals surface area (Å²) >= 11 is 3.45. The summed E-state index contributed by atoms with van der Waals surface area (Å²) in [6, 6.07) is 7.89. The van der Waals surface area contributed by atoms with E-state index in [0.717, 1.165) is 28.0 Å². The van der Waals surface area contributed by atoms with Crippen molar-refractivity contribution in [3.8, 4) is 5.69 Å². The van der Waals surface area contributed by atoms with E-state index in [2.05, 4.69) is 39.9 Å². The fraction of sp³-hybridized carbons (Fsp3) is 0.333.